The lowest BCUT2D eigenvalue weighted by molar-refractivity contribution is -0.128. The number of thiazole rings is 1. The van der Waals surface area contributed by atoms with Crippen LogP contribution in [-0.2, 0) is 27.8 Å². The summed E-state index contributed by atoms with van der Waals surface area (Å²) in [5.74, 6) is -1.06. The number of nitrogens with zero attached hydrogens (tertiary/aromatic N) is 5. The summed E-state index contributed by atoms with van der Waals surface area (Å²) >= 11 is 1.51. The van der Waals surface area contributed by atoms with Crippen LogP contribution in [0.2, 0.25) is 0 Å². The van der Waals surface area contributed by atoms with Crippen molar-refractivity contribution in [3.8, 4) is 0 Å². The summed E-state index contributed by atoms with van der Waals surface area (Å²) in [4.78, 5) is 35.3. The Labute approximate surface area is 298 Å². The molecular formula is C35H48N6O7S2. The van der Waals surface area contributed by atoms with Crippen molar-refractivity contribution in [3.05, 3.63) is 81.8 Å². The molecule has 0 spiro atoms. The Bertz CT molecular complexity index is 1700. The Morgan fingerprint density at radius 3 is 2.32 bits per heavy atom. The van der Waals surface area contributed by atoms with E-state index in [1.165, 1.54) is 41.8 Å². The first-order valence-electron chi connectivity index (χ1n) is 16.7. The third-order valence-electron chi connectivity index (χ3n) is 8.86. The normalized spacial score (nSPS) is 16.5. The van der Waals surface area contributed by atoms with Crippen molar-refractivity contribution in [2.45, 2.75) is 76.7 Å². The van der Waals surface area contributed by atoms with Crippen LogP contribution in [0.15, 0.2) is 70.0 Å². The van der Waals surface area contributed by atoms with Crippen molar-refractivity contribution in [3.63, 3.8) is 0 Å². The average Bonchev–Trinajstić information content (AvgIpc) is 3.65. The molecule has 4 rings (SSSR count). The molecule has 1 unspecified atom stereocenters. The van der Waals surface area contributed by atoms with E-state index in [2.05, 4.69) is 15.5 Å². The molecule has 4 N–H and O–H groups in total. The Morgan fingerprint density at radius 2 is 1.76 bits per heavy atom. The Kier molecular flexibility index (Phi) is 13.5. The van der Waals surface area contributed by atoms with Crippen LogP contribution in [0.3, 0.4) is 0 Å². The number of hydrogen-bond acceptors (Lipinski definition) is 10. The number of urea groups is 1. The number of hydrogen-bond donors (Lipinski definition) is 4. The molecule has 50 heavy (non-hydrogen) atoms. The van der Waals surface area contributed by atoms with Gasteiger partial charge in [-0.05, 0) is 48.4 Å². The van der Waals surface area contributed by atoms with Gasteiger partial charge >= 0.3 is 6.03 Å². The highest BCUT2D eigenvalue weighted by Gasteiger charge is 2.41. The molecule has 1 aliphatic rings. The van der Waals surface area contributed by atoms with Crippen molar-refractivity contribution >= 4 is 39.5 Å². The van der Waals surface area contributed by atoms with Crippen molar-refractivity contribution in [1.29, 1.82) is 0 Å². The number of sulfonamides is 1. The van der Waals surface area contributed by atoms with Gasteiger partial charge in [0.05, 0.1) is 53.2 Å². The molecule has 3 amide bonds. The molecule has 0 radical (unpaired) electrons. The molecule has 2 aromatic carbocycles. The largest absolute Gasteiger partial charge is 0.411 e. The van der Waals surface area contributed by atoms with Crippen LogP contribution in [0.4, 0.5) is 4.79 Å². The molecule has 3 aromatic rings. The molecule has 0 saturated carbocycles. The van der Waals surface area contributed by atoms with Gasteiger partial charge in [0, 0.05) is 25.0 Å². The Balaban J connectivity index is 1.62. The van der Waals surface area contributed by atoms with Gasteiger partial charge in [-0.3, -0.25) is 4.79 Å². The van der Waals surface area contributed by atoms with Crippen LogP contribution >= 0.6 is 11.3 Å². The molecule has 1 fully saturated rings. The van der Waals surface area contributed by atoms with E-state index in [0.29, 0.717) is 25.2 Å². The number of carbonyl (C=O) groups is 2. The van der Waals surface area contributed by atoms with Crippen LogP contribution in [0.25, 0.3) is 0 Å². The number of amides is 3. The lowest BCUT2D eigenvalue weighted by atomic mass is 9.97. The summed E-state index contributed by atoms with van der Waals surface area (Å²) in [6.07, 6.45) is -0.0659. The minimum absolute atomic E-state index is 0.0766. The minimum Gasteiger partial charge on any atom is -0.411 e. The number of rotatable bonds is 17. The molecule has 1 aromatic heterocycles. The molecule has 1 saturated heterocycles. The van der Waals surface area contributed by atoms with Crippen LogP contribution in [-0.4, -0.2) is 112 Å². The average molecular weight is 729 g/mol. The van der Waals surface area contributed by atoms with E-state index in [1.54, 1.807) is 23.6 Å². The van der Waals surface area contributed by atoms with E-state index in [1.807, 2.05) is 56.5 Å². The summed E-state index contributed by atoms with van der Waals surface area (Å²) in [6.45, 7) is 9.34. The molecule has 1 aliphatic heterocycles. The highest BCUT2D eigenvalue weighted by molar-refractivity contribution is 7.89. The van der Waals surface area contributed by atoms with Crippen molar-refractivity contribution in [2.75, 3.05) is 26.2 Å². The van der Waals surface area contributed by atoms with Gasteiger partial charge in [0.25, 0.3) is 0 Å². The number of aryl methyl sites for hydroxylation is 1. The SMILES string of the molecule is Cc1nc(CN2CCN(C(C(=O)N[C@@H](Cc3ccccc3)[C@H](O)CN([C@@H](CO)C(C)C)S(=O)(=O)c3ccc(/C=N/O)cc3)C(C)C)C2=O)cs1. The van der Waals surface area contributed by atoms with Gasteiger partial charge in [0.2, 0.25) is 15.9 Å². The molecule has 4 atom stereocenters. The maximum absolute atomic E-state index is 14.1. The summed E-state index contributed by atoms with van der Waals surface area (Å²) < 4.78 is 29.3. The van der Waals surface area contributed by atoms with Gasteiger partial charge in [-0.2, -0.15) is 4.31 Å². The van der Waals surface area contributed by atoms with Gasteiger partial charge in [-0.1, -0.05) is 75.3 Å². The lowest BCUT2D eigenvalue weighted by Crippen LogP contribution is -2.58. The fourth-order valence-electron chi connectivity index (χ4n) is 6.19. The predicted octanol–water partition coefficient (Wildman–Crippen LogP) is 3.32. The van der Waals surface area contributed by atoms with Gasteiger partial charge in [-0.25, -0.2) is 18.2 Å². The summed E-state index contributed by atoms with van der Waals surface area (Å²) in [7, 11) is -4.27. The quantitative estimate of drug-likeness (QED) is 0.0930. The number of oxime groups is 1. The number of aromatic nitrogens is 1. The third kappa shape index (κ3) is 9.46. The lowest BCUT2D eigenvalue weighted by Gasteiger charge is -2.37. The predicted molar refractivity (Wildman–Crippen MR) is 191 cm³/mol. The number of benzene rings is 2. The fraction of sp³-hybridized carbons (Fsp3) is 0.486. The van der Waals surface area contributed by atoms with Crippen LogP contribution in [0, 0.1) is 18.8 Å². The van der Waals surface area contributed by atoms with Gasteiger partial charge in [0.1, 0.15) is 6.04 Å². The van der Waals surface area contributed by atoms with Gasteiger partial charge in [0.15, 0.2) is 0 Å². The number of nitrogens with one attached hydrogen (secondary N) is 1. The second-order valence-corrected chi connectivity index (χ2v) is 16.2. The van der Waals surface area contributed by atoms with Crippen molar-refractivity contribution in [2.24, 2.45) is 17.0 Å². The van der Waals surface area contributed by atoms with Gasteiger partial charge in [-0.15, -0.1) is 11.3 Å². The van der Waals surface area contributed by atoms with Gasteiger partial charge < -0.3 is 30.5 Å². The molecule has 15 heteroatoms. The molecule has 272 valence electrons. The molecule has 2 heterocycles. The highest BCUT2D eigenvalue weighted by atomic mass is 32.2. The first-order chi connectivity index (χ1) is 23.8. The first kappa shape index (κ1) is 38.9. The highest BCUT2D eigenvalue weighted by Crippen LogP contribution is 2.25. The molecule has 0 aliphatic carbocycles. The maximum Gasteiger partial charge on any atom is 0.321 e. The van der Waals surface area contributed by atoms with Crippen LogP contribution in [0.5, 0.6) is 0 Å². The Hall–Kier alpha value is -3.89. The zero-order valence-corrected chi connectivity index (χ0v) is 30.7. The minimum atomic E-state index is -4.27. The monoisotopic (exact) mass is 728 g/mol. The maximum atomic E-state index is 14.1. The van der Waals surface area contributed by atoms with E-state index in [-0.39, 0.29) is 29.2 Å². The zero-order chi connectivity index (χ0) is 36.6. The van der Waals surface area contributed by atoms with E-state index < -0.39 is 53.3 Å². The van der Waals surface area contributed by atoms with Crippen molar-refractivity contribution in [1.82, 2.24) is 24.4 Å². The number of carbonyl (C=O) groups excluding carboxylic acids is 2. The number of aliphatic hydroxyl groups excluding tert-OH is 2. The second-order valence-electron chi connectivity index (χ2n) is 13.2. The van der Waals surface area contributed by atoms with E-state index in [0.717, 1.165) is 20.6 Å². The summed E-state index contributed by atoms with van der Waals surface area (Å²) in [5, 5.41) is 39.9. The second kappa shape index (κ2) is 17.4. The van der Waals surface area contributed by atoms with Crippen LogP contribution in [0.1, 0.15) is 49.5 Å². The molecular weight excluding hydrogens is 681 g/mol. The zero-order valence-electron chi connectivity index (χ0n) is 29.1. The Morgan fingerprint density at radius 1 is 1.08 bits per heavy atom. The van der Waals surface area contributed by atoms with Crippen LogP contribution < -0.4 is 5.32 Å². The fourth-order valence-corrected chi connectivity index (χ4v) is 8.56. The van der Waals surface area contributed by atoms with Crippen molar-refractivity contribution < 1.29 is 33.4 Å². The number of aliphatic hydroxyl groups is 2. The van der Waals surface area contributed by atoms with E-state index in [9.17, 15) is 28.2 Å². The summed E-state index contributed by atoms with van der Waals surface area (Å²) in [6, 6.07) is 11.9. The standard InChI is InChI=1S/C35H48N6O7S2/c1-23(2)31(21-42)41(50(47,48)29-13-11-27(12-14-29)18-36-46)20-32(43)30(17-26-9-7-6-8-10-26)38-34(44)33(24(3)4)40-16-15-39(35(40)45)19-28-22-49-25(5)37-28/h6-14,18,22-24,30-33,42-43,46H,15-17,19-21H2,1-5H3,(H,38,44)/b36-18+/t30-,31-,32+,33?/m0/s1. The molecule has 0 bridgehead atoms. The topological polar surface area (TPSA) is 176 Å². The van der Waals surface area contributed by atoms with E-state index in [4.69, 9.17) is 5.21 Å². The smallest absolute Gasteiger partial charge is 0.321 e. The summed E-state index contributed by atoms with van der Waals surface area (Å²) in [5.41, 5.74) is 2.07. The first-order valence-corrected chi connectivity index (χ1v) is 19.0. The van der Waals surface area contributed by atoms with E-state index >= 15 is 0 Å². The third-order valence-corrected chi connectivity index (χ3v) is 11.6. The molecule has 13 nitrogen and oxygen atoms in total.